The van der Waals surface area contributed by atoms with Gasteiger partial charge in [-0.1, -0.05) is 6.07 Å². The lowest BCUT2D eigenvalue weighted by Gasteiger charge is -2.12. The Hall–Kier alpha value is -1.99. The summed E-state index contributed by atoms with van der Waals surface area (Å²) in [6.45, 7) is 3.32. The summed E-state index contributed by atoms with van der Waals surface area (Å²) in [4.78, 5) is 15.7. The SMILES string of the molecule is CCNC(=NCCCCn1ccccc1=O)NCCC(F)(F)F. The van der Waals surface area contributed by atoms with Crippen LogP contribution in [0.15, 0.2) is 34.2 Å². The van der Waals surface area contributed by atoms with E-state index in [2.05, 4.69) is 15.6 Å². The van der Waals surface area contributed by atoms with Gasteiger partial charge in [0.25, 0.3) is 0 Å². The second-order valence-corrected chi connectivity index (χ2v) is 4.99. The van der Waals surface area contributed by atoms with E-state index >= 15 is 0 Å². The van der Waals surface area contributed by atoms with Crippen LogP contribution in [0.1, 0.15) is 26.2 Å². The lowest BCUT2D eigenvalue weighted by molar-refractivity contribution is -0.132. The van der Waals surface area contributed by atoms with Crippen LogP contribution in [-0.2, 0) is 6.54 Å². The van der Waals surface area contributed by atoms with Gasteiger partial charge >= 0.3 is 6.18 Å². The molecule has 0 saturated heterocycles. The Labute approximate surface area is 133 Å². The maximum absolute atomic E-state index is 12.1. The van der Waals surface area contributed by atoms with Crippen molar-refractivity contribution in [3.63, 3.8) is 0 Å². The largest absolute Gasteiger partial charge is 0.390 e. The molecule has 0 aliphatic heterocycles. The van der Waals surface area contributed by atoms with Crippen LogP contribution in [0.4, 0.5) is 13.2 Å². The standard InChI is InChI=1S/C15H23F3N4O/c1-2-19-14(21-10-8-15(16,17)18)20-9-4-6-12-22-11-5-3-7-13(22)23/h3,5,7,11H,2,4,6,8-10,12H2,1H3,(H2,19,20,21). The van der Waals surface area contributed by atoms with Gasteiger partial charge in [0.15, 0.2) is 5.96 Å². The van der Waals surface area contributed by atoms with Gasteiger partial charge in [0.2, 0.25) is 5.56 Å². The number of nitrogens with zero attached hydrogens (tertiary/aromatic N) is 2. The molecule has 0 spiro atoms. The lowest BCUT2D eigenvalue weighted by atomic mass is 10.3. The predicted octanol–water partition coefficient (Wildman–Crippen LogP) is 2.14. The maximum Gasteiger partial charge on any atom is 0.390 e. The number of rotatable bonds is 8. The number of hydrogen-bond acceptors (Lipinski definition) is 2. The summed E-state index contributed by atoms with van der Waals surface area (Å²) < 4.78 is 38.0. The van der Waals surface area contributed by atoms with Crippen molar-refractivity contribution >= 4 is 5.96 Å². The van der Waals surface area contributed by atoms with Crippen molar-refractivity contribution in [3.8, 4) is 0 Å². The lowest BCUT2D eigenvalue weighted by Crippen LogP contribution is -2.39. The number of pyridine rings is 1. The first-order valence-corrected chi connectivity index (χ1v) is 7.67. The number of aliphatic imine (C=N–C) groups is 1. The molecule has 0 saturated carbocycles. The topological polar surface area (TPSA) is 58.4 Å². The molecule has 8 heteroatoms. The van der Waals surface area contributed by atoms with Gasteiger partial charge in [0.05, 0.1) is 6.42 Å². The Morgan fingerprint density at radius 3 is 2.70 bits per heavy atom. The summed E-state index contributed by atoms with van der Waals surface area (Å²) in [7, 11) is 0. The molecule has 0 aliphatic rings. The summed E-state index contributed by atoms with van der Waals surface area (Å²) >= 11 is 0. The van der Waals surface area contributed by atoms with E-state index in [1.54, 1.807) is 22.9 Å². The molecule has 5 nitrogen and oxygen atoms in total. The summed E-state index contributed by atoms with van der Waals surface area (Å²) in [5.41, 5.74) is -0.0434. The normalized spacial score (nSPS) is 12.3. The molecule has 1 rings (SSSR count). The van der Waals surface area contributed by atoms with Crippen molar-refractivity contribution < 1.29 is 13.2 Å². The molecule has 1 heterocycles. The van der Waals surface area contributed by atoms with Crippen molar-refractivity contribution in [2.24, 2.45) is 4.99 Å². The Kier molecular flexibility index (Phi) is 8.21. The minimum Gasteiger partial charge on any atom is -0.357 e. The third kappa shape index (κ3) is 8.90. The first-order chi connectivity index (χ1) is 10.9. The van der Waals surface area contributed by atoms with E-state index in [1.807, 2.05) is 6.92 Å². The fraction of sp³-hybridized carbons (Fsp3) is 0.600. The fourth-order valence-electron chi connectivity index (χ4n) is 1.89. The molecule has 1 aromatic rings. The second kappa shape index (κ2) is 9.91. The molecule has 1 aromatic heterocycles. The highest BCUT2D eigenvalue weighted by Gasteiger charge is 2.26. The van der Waals surface area contributed by atoms with E-state index < -0.39 is 12.6 Å². The number of aryl methyl sites for hydroxylation is 1. The zero-order chi connectivity index (χ0) is 17.1. The van der Waals surface area contributed by atoms with E-state index in [1.165, 1.54) is 6.07 Å². The predicted molar refractivity (Wildman–Crippen MR) is 84.6 cm³/mol. The van der Waals surface area contributed by atoms with Crippen molar-refractivity contribution in [1.82, 2.24) is 15.2 Å². The molecular formula is C15H23F3N4O. The van der Waals surface area contributed by atoms with E-state index in [0.717, 1.165) is 12.8 Å². The molecule has 0 unspecified atom stereocenters. The smallest absolute Gasteiger partial charge is 0.357 e. The number of aromatic nitrogens is 1. The van der Waals surface area contributed by atoms with E-state index in [0.29, 0.717) is 25.6 Å². The van der Waals surface area contributed by atoms with E-state index in [4.69, 9.17) is 0 Å². The van der Waals surface area contributed by atoms with Gasteiger partial charge in [-0.3, -0.25) is 9.79 Å². The zero-order valence-corrected chi connectivity index (χ0v) is 13.2. The highest BCUT2D eigenvalue weighted by molar-refractivity contribution is 5.79. The molecule has 2 N–H and O–H groups in total. The molecular weight excluding hydrogens is 309 g/mol. The van der Waals surface area contributed by atoms with Crippen LogP contribution in [-0.4, -0.2) is 36.3 Å². The number of halogens is 3. The summed E-state index contributed by atoms with van der Waals surface area (Å²) in [6.07, 6.45) is -1.82. The Morgan fingerprint density at radius 2 is 2.04 bits per heavy atom. The van der Waals surface area contributed by atoms with E-state index in [9.17, 15) is 18.0 Å². The molecule has 23 heavy (non-hydrogen) atoms. The van der Waals surface area contributed by atoms with Crippen LogP contribution in [0.5, 0.6) is 0 Å². The molecule has 0 bridgehead atoms. The van der Waals surface area contributed by atoms with Crippen LogP contribution in [0, 0.1) is 0 Å². The van der Waals surface area contributed by atoms with Gasteiger partial charge in [-0.2, -0.15) is 13.2 Å². The van der Waals surface area contributed by atoms with Gasteiger partial charge in [-0.25, -0.2) is 0 Å². The van der Waals surface area contributed by atoms with Crippen LogP contribution >= 0.6 is 0 Å². The van der Waals surface area contributed by atoms with Crippen molar-refractivity contribution in [2.45, 2.75) is 38.9 Å². The van der Waals surface area contributed by atoms with Gasteiger partial charge in [-0.15, -0.1) is 0 Å². The highest BCUT2D eigenvalue weighted by Crippen LogP contribution is 2.17. The van der Waals surface area contributed by atoms with Gasteiger partial charge < -0.3 is 15.2 Å². The van der Waals surface area contributed by atoms with Gasteiger partial charge in [0, 0.05) is 38.4 Å². The average molecular weight is 332 g/mol. The summed E-state index contributed by atoms with van der Waals surface area (Å²) in [6, 6.07) is 5.00. The maximum atomic E-state index is 12.1. The number of alkyl halides is 3. The molecule has 0 aromatic carbocycles. The van der Waals surface area contributed by atoms with Gasteiger partial charge in [-0.05, 0) is 25.8 Å². The minimum atomic E-state index is -4.17. The Bertz CT molecular complexity index is 540. The third-order valence-electron chi connectivity index (χ3n) is 3.02. The number of hydrogen-bond donors (Lipinski definition) is 2. The van der Waals surface area contributed by atoms with Crippen molar-refractivity contribution in [1.29, 1.82) is 0 Å². The molecule has 130 valence electrons. The molecule has 0 aliphatic carbocycles. The first kappa shape index (κ1) is 19.1. The second-order valence-electron chi connectivity index (χ2n) is 4.99. The van der Waals surface area contributed by atoms with Crippen LogP contribution in [0.2, 0.25) is 0 Å². The molecule has 0 fully saturated rings. The summed E-state index contributed by atoms with van der Waals surface area (Å²) in [5.74, 6) is 0.383. The number of unbranched alkanes of at least 4 members (excludes halogenated alkanes) is 1. The fourth-order valence-corrected chi connectivity index (χ4v) is 1.89. The first-order valence-electron chi connectivity index (χ1n) is 7.67. The van der Waals surface area contributed by atoms with Gasteiger partial charge in [0.1, 0.15) is 0 Å². The monoisotopic (exact) mass is 332 g/mol. The van der Waals surface area contributed by atoms with Crippen LogP contribution in [0.3, 0.4) is 0 Å². The van der Waals surface area contributed by atoms with Crippen molar-refractivity contribution in [3.05, 3.63) is 34.7 Å². The Morgan fingerprint density at radius 1 is 1.26 bits per heavy atom. The molecule has 0 amide bonds. The minimum absolute atomic E-state index is 0.0434. The quantitative estimate of drug-likeness (QED) is 0.436. The van der Waals surface area contributed by atoms with Crippen molar-refractivity contribution in [2.75, 3.05) is 19.6 Å². The van der Waals surface area contributed by atoms with E-state index in [-0.39, 0.29) is 12.1 Å². The molecule has 0 radical (unpaired) electrons. The Balaban J connectivity index is 2.31. The molecule has 0 atom stereocenters. The number of nitrogens with one attached hydrogen (secondary N) is 2. The average Bonchev–Trinajstić information content (AvgIpc) is 2.47. The zero-order valence-electron chi connectivity index (χ0n) is 13.2. The summed E-state index contributed by atoms with van der Waals surface area (Å²) in [5, 5.41) is 5.56. The number of guanidine groups is 1. The third-order valence-corrected chi connectivity index (χ3v) is 3.02. The highest BCUT2D eigenvalue weighted by atomic mass is 19.4. The van der Waals surface area contributed by atoms with Crippen LogP contribution < -0.4 is 16.2 Å². The van der Waals surface area contributed by atoms with Crippen LogP contribution in [0.25, 0.3) is 0 Å².